The zero-order valence-electron chi connectivity index (χ0n) is 12.3. The first-order valence-corrected chi connectivity index (χ1v) is 7.74. The van der Waals surface area contributed by atoms with Gasteiger partial charge in [0.1, 0.15) is 18.1 Å². The summed E-state index contributed by atoms with van der Waals surface area (Å²) in [5.74, 6) is 1.66. The van der Waals surface area contributed by atoms with Crippen molar-refractivity contribution in [3.63, 3.8) is 0 Å². The fourth-order valence-electron chi connectivity index (χ4n) is 2.01. The fraction of sp³-hybridized carbons (Fsp3) is 0.294. The molecule has 0 saturated carbocycles. The van der Waals surface area contributed by atoms with Crippen molar-refractivity contribution in [2.75, 3.05) is 7.11 Å². The van der Waals surface area contributed by atoms with Gasteiger partial charge in [0, 0.05) is 6.04 Å². The molecule has 1 atom stereocenters. The minimum Gasteiger partial charge on any atom is -0.496 e. The highest BCUT2D eigenvalue weighted by atomic mass is 79.9. The van der Waals surface area contributed by atoms with Crippen molar-refractivity contribution in [3.05, 3.63) is 58.1 Å². The van der Waals surface area contributed by atoms with Crippen LogP contribution in [-0.2, 0) is 6.61 Å². The maximum atomic E-state index is 6.00. The first kappa shape index (κ1) is 15.9. The molecule has 112 valence electrons. The van der Waals surface area contributed by atoms with E-state index in [0.29, 0.717) is 6.61 Å². The maximum absolute atomic E-state index is 6.00. The van der Waals surface area contributed by atoms with Gasteiger partial charge in [0.05, 0.1) is 11.6 Å². The molecule has 21 heavy (non-hydrogen) atoms. The Labute approximate surface area is 134 Å². The molecule has 0 saturated heterocycles. The summed E-state index contributed by atoms with van der Waals surface area (Å²) in [5.41, 5.74) is 8.21. The van der Waals surface area contributed by atoms with E-state index < -0.39 is 0 Å². The molecule has 0 bridgehead atoms. The number of hydrogen-bond acceptors (Lipinski definition) is 3. The average molecular weight is 350 g/mol. The third-order valence-corrected chi connectivity index (χ3v) is 3.99. The van der Waals surface area contributed by atoms with Crippen LogP contribution in [0.25, 0.3) is 0 Å². The lowest BCUT2D eigenvalue weighted by molar-refractivity contribution is 0.305. The average Bonchev–Trinajstić information content (AvgIpc) is 2.52. The molecule has 0 aliphatic heterocycles. The number of methoxy groups -OCH3 is 1. The molecule has 0 amide bonds. The van der Waals surface area contributed by atoms with Crippen molar-refractivity contribution >= 4 is 15.9 Å². The summed E-state index contributed by atoms with van der Waals surface area (Å²) in [5, 5.41) is 0. The van der Waals surface area contributed by atoms with E-state index in [1.165, 1.54) is 0 Å². The largest absolute Gasteiger partial charge is 0.496 e. The molecule has 0 unspecified atom stereocenters. The van der Waals surface area contributed by atoms with Gasteiger partial charge >= 0.3 is 0 Å². The summed E-state index contributed by atoms with van der Waals surface area (Å²) in [7, 11) is 1.65. The molecule has 0 radical (unpaired) electrons. The SMILES string of the molecule is CC[C@H](N)c1ccc(OCc2ccc(OC)c(Br)c2)cc1. The highest BCUT2D eigenvalue weighted by Crippen LogP contribution is 2.26. The number of ether oxygens (including phenoxy) is 2. The highest BCUT2D eigenvalue weighted by Gasteiger charge is 2.04. The van der Waals surface area contributed by atoms with E-state index in [1.807, 2.05) is 42.5 Å². The molecular formula is C17H20BrNO2. The van der Waals surface area contributed by atoms with Crippen LogP contribution in [0, 0.1) is 0 Å². The van der Waals surface area contributed by atoms with Gasteiger partial charge in [-0.25, -0.2) is 0 Å². The summed E-state index contributed by atoms with van der Waals surface area (Å²) in [6.45, 7) is 2.60. The van der Waals surface area contributed by atoms with Crippen molar-refractivity contribution in [3.8, 4) is 11.5 Å². The summed E-state index contributed by atoms with van der Waals surface area (Å²) < 4.78 is 11.9. The lowest BCUT2D eigenvalue weighted by atomic mass is 10.1. The van der Waals surface area contributed by atoms with Crippen LogP contribution >= 0.6 is 15.9 Å². The quantitative estimate of drug-likeness (QED) is 0.837. The lowest BCUT2D eigenvalue weighted by Gasteiger charge is -2.11. The van der Waals surface area contributed by atoms with E-state index in [1.54, 1.807) is 7.11 Å². The number of benzene rings is 2. The Morgan fingerprint density at radius 2 is 1.86 bits per heavy atom. The monoisotopic (exact) mass is 349 g/mol. The number of rotatable bonds is 6. The van der Waals surface area contributed by atoms with Crippen LogP contribution in [0.3, 0.4) is 0 Å². The number of halogens is 1. The Kier molecular flexibility index (Phi) is 5.65. The van der Waals surface area contributed by atoms with E-state index in [-0.39, 0.29) is 6.04 Å². The van der Waals surface area contributed by atoms with Gasteiger partial charge in [-0.3, -0.25) is 0 Å². The Hall–Kier alpha value is -1.52. The minimum atomic E-state index is 0.0941. The van der Waals surface area contributed by atoms with Crippen LogP contribution in [0.5, 0.6) is 11.5 Å². The van der Waals surface area contributed by atoms with Gasteiger partial charge in [-0.2, -0.15) is 0 Å². The summed E-state index contributed by atoms with van der Waals surface area (Å²) in [4.78, 5) is 0. The van der Waals surface area contributed by atoms with Gasteiger partial charge in [0.15, 0.2) is 0 Å². The highest BCUT2D eigenvalue weighted by molar-refractivity contribution is 9.10. The lowest BCUT2D eigenvalue weighted by Crippen LogP contribution is -2.08. The van der Waals surface area contributed by atoms with Gasteiger partial charge in [-0.15, -0.1) is 0 Å². The van der Waals surface area contributed by atoms with E-state index >= 15 is 0 Å². The van der Waals surface area contributed by atoms with E-state index in [9.17, 15) is 0 Å². The van der Waals surface area contributed by atoms with E-state index in [2.05, 4.69) is 22.9 Å². The van der Waals surface area contributed by atoms with E-state index in [4.69, 9.17) is 15.2 Å². The van der Waals surface area contributed by atoms with Crippen molar-refractivity contribution < 1.29 is 9.47 Å². The van der Waals surface area contributed by atoms with Gasteiger partial charge in [0.25, 0.3) is 0 Å². The fourth-order valence-corrected chi connectivity index (χ4v) is 2.60. The zero-order chi connectivity index (χ0) is 15.2. The van der Waals surface area contributed by atoms with Crippen LogP contribution in [0.1, 0.15) is 30.5 Å². The molecule has 2 aromatic rings. The normalized spacial score (nSPS) is 12.0. The topological polar surface area (TPSA) is 44.5 Å². The van der Waals surface area contributed by atoms with Crippen LogP contribution < -0.4 is 15.2 Å². The molecule has 2 N–H and O–H groups in total. The standard InChI is InChI=1S/C17H20BrNO2/c1-3-16(19)13-5-7-14(8-6-13)21-11-12-4-9-17(20-2)15(18)10-12/h4-10,16H,3,11,19H2,1-2H3/t16-/m0/s1. The van der Waals surface area contributed by atoms with Gasteiger partial charge in [-0.1, -0.05) is 25.1 Å². The van der Waals surface area contributed by atoms with Crippen molar-refractivity contribution in [2.45, 2.75) is 26.0 Å². The van der Waals surface area contributed by atoms with Crippen LogP contribution in [0.2, 0.25) is 0 Å². The predicted molar refractivity (Wildman–Crippen MR) is 88.7 cm³/mol. The van der Waals surface area contributed by atoms with Gasteiger partial charge in [0.2, 0.25) is 0 Å². The molecule has 2 aromatic carbocycles. The maximum Gasteiger partial charge on any atom is 0.133 e. The predicted octanol–water partition coefficient (Wildman–Crippen LogP) is 4.45. The van der Waals surface area contributed by atoms with Crippen LogP contribution in [0.4, 0.5) is 0 Å². The second kappa shape index (κ2) is 7.48. The van der Waals surface area contributed by atoms with Crippen LogP contribution in [0.15, 0.2) is 46.9 Å². The van der Waals surface area contributed by atoms with Crippen LogP contribution in [-0.4, -0.2) is 7.11 Å². The molecule has 0 fully saturated rings. The Balaban J connectivity index is 1.98. The molecule has 4 heteroatoms. The smallest absolute Gasteiger partial charge is 0.133 e. The zero-order valence-corrected chi connectivity index (χ0v) is 13.9. The third-order valence-electron chi connectivity index (χ3n) is 3.37. The Morgan fingerprint density at radius 1 is 1.14 bits per heavy atom. The summed E-state index contributed by atoms with van der Waals surface area (Å²) >= 11 is 3.47. The van der Waals surface area contributed by atoms with Crippen molar-refractivity contribution in [1.82, 2.24) is 0 Å². The molecule has 0 spiro atoms. The second-order valence-electron chi connectivity index (χ2n) is 4.84. The molecular weight excluding hydrogens is 330 g/mol. The molecule has 0 aromatic heterocycles. The Morgan fingerprint density at radius 3 is 2.43 bits per heavy atom. The first-order chi connectivity index (χ1) is 10.1. The number of hydrogen-bond donors (Lipinski definition) is 1. The molecule has 0 aliphatic carbocycles. The molecule has 3 nitrogen and oxygen atoms in total. The second-order valence-corrected chi connectivity index (χ2v) is 5.70. The molecule has 0 aliphatic rings. The van der Waals surface area contributed by atoms with Gasteiger partial charge in [-0.05, 0) is 57.7 Å². The summed E-state index contributed by atoms with van der Waals surface area (Å²) in [6.07, 6.45) is 0.931. The first-order valence-electron chi connectivity index (χ1n) is 6.94. The Bertz CT molecular complexity index is 584. The van der Waals surface area contributed by atoms with Gasteiger partial charge < -0.3 is 15.2 Å². The van der Waals surface area contributed by atoms with Crippen molar-refractivity contribution in [2.24, 2.45) is 5.73 Å². The van der Waals surface area contributed by atoms with E-state index in [0.717, 1.165) is 33.5 Å². The van der Waals surface area contributed by atoms with Crippen molar-refractivity contribution in [1.29, 1.82) is 0 Å². The molecule has 0 heterocycles. The molecule has 2 rings (SSSR count). The summed E-state index contributed by atoms with van der Waals surface area (Å²) in [6, 6.07) is 14.0. The number of nitrogens with two attached hydrogens (primary N) is 1. The minimum absolute atomic E-state index is 0.0941. The third kappa shape index (κ3) is 4.22.